The highest BCUT2D eigenvalue weighted by molar-refractivity contribution is 6.58. The predicted octanol–water partition coefficient (Wildman–Crippen LogP) is 7.37. The molecule has 5 aliphatic rings. The molecule has 0 heterocycles. The van der Waals surface area contributed by atoms with Gasteiger partial charge in [0.2, 0.25) is 0 Å². The lowest BCUT2D eigenvalue weighted by molar-refractivity contribution is -0.0336. The van der Waals surface area contributed by atoms with Crippen molar-refractivity contribution in [1.82, 2.24) is 0 Å². The molecule has 0 N–H and O–H groups in total. The van der Waals surface area contributed by atoms with E-state index in [4.69, 9.17) is 92.8 Å². The van der Waals surface area contributed by atoms with E-state index in [1.165, 1.54) is 0 Å². The first-order valence-electron chi connectivity index (χ1n) is 7.97. The maximum atomic E-state index is 6.80. The highest BCUT2D eigenvalue weighted by atomic mass is 35.5. The SMILES string of the molecule is ClC1=C(Cl)C2(Cl)C3CCC4C(CCC3C12Cl)C1(Cl)C(Cl)=C(Cl)C41Cl. The van der Waals surface area contributed by atoms with E-state index >= 15 is 0 Å². The number of rotatable bonds is 0. The zero-order valence-corrected chi connectivity index (χ0v) is 18.2. The molecule has 0 aromatic heterocycles. The van der Waals surface area contributed by atoms with E-state index in [-0.39, 0.29) is 23.7 Å². The highest BCUT2D eigenvalue weighted by Crippen LogP contribution is 2.81. The van der Waals surface area contributed by atoms with E-state index in [2.05, 4.69) is 0 Å². The second-order valence-corrected chi connectivity index (χ2v) is 11.6. The largest absolute Gasteiger partial charge is 0.110 e. The molecule has 8 atom stereocenters. The molecule has 132 valence electrons. The van der Waals surface area contributed by atoms with Crippen LogP contribution in [0, 0.1) is 23.7 Å². The summed E-state index contributed by atoms with van der Waals surface area (Å²) < 4.78 is 0. The molecule has 0 spiro atoms. The Kier molecular flexibility index (Phi) is 3.61. The van der Waals surface area contributed by atoms with Crippen molar-refractivity contribution in [3.05, 3.63) is 20.1 Å². The number of fused-ring (bicyclic) bond motifs is 8. The average Bonchev–Trinajstić information content (AvgIpc) is 2.56. The van der Waals surface area contributed by atoms with Gasteiger partial charge in [0.25, 0.3) is 0 Å². The van der Waals surface area contributed by atoms with E-state index in [0.717, 1.165) is 25.7 Å². The molecule has 0 saturated heterocycles. The van der Waals surface area contributed by atoms with Crippen LogP contribution in [0.5, 0.6) is 0 Å². The van der Waals surface area contributed by atoms with Crippen molar-refractivity contribution in [2.24, 2.45) is 23.7 Å². The fraction of sp³-hybridized carbons (Fsp3) is 0.750. The van der Waals surface area contributed by atoms with Crippen LogP contribution >= 0.6 is 92.8 Å². The first-order valence-corrected chi connectivity index (χ1v) is 11.0. The lowest BCUT2D eigenvalue weighted by atomic mass is 9.41. The number of allylic oxidation sites excluding steroid dienone is 4. The normalized spacial score (nSPS) is 61.0. The fourth-order valence-electron chi connectivity index (χ4n) is 6.12. The molecule has 0 aliphatic heterocycles. The molecule has 0 amide bonds. The molecular weight excluding hydrogens is 476 g/mol. The molecule has 3 saturated carbocycles. The third-order valence-corrected chi connectivity index (χ3v) is 13.1. The van der Waals surface area contributed by atoms with Crippen molar-refractivity contribution in [3.8, 4) is 0 Å². The first kappa shape index (κ1) is 17.9. The maximum Gasteiger partial charge on any atom is 0.109 e. The molecular formula is C16H12Cl8. The second-order valence-electron chi connectivity index (χ2n) is 7.68. The van der Waals surface area contributed by atoms with Crippen molar-refractivity contribution in [2.45, 2.75) is 45.2 Å². The topological polar surface area (TPSA) is 0 Å². The number of hydrogen-bond donors (Lipinski definition) is 0. The Labute approximate surface area is 180 Å². The van der Waals surface area contributed by atoms with Crippen LogP contribution in [0.3, 0.4) is 0 Å². The van der Waals surface area contributed by atoms with Gasteiger partial charge in [0.15, 0.2) is 0 Å². The third kappa shape index (κ3) is 1.41. The van der Waals surface area contributed by atoms with Gasteiger partial charge in [-0.1, -0.05) is 46.4 Å². The molecule has 8 unspecified atom stereocenters. The Hall–Kier alpha value is 1.80. The van der Waals surface area contributed by atoms with Gasteiger partial charge in [-0.3, -0.25) is 0 Å². The summed E-state index contributed by atoms with van der Waals surface area (Å²) in [4.78, 5) is -2.93. The molecule has 0 aromatic carbocycles. The van der Waals surface area contributed by atoms with Gasteiger partial charge in [0.1, 0.15) is 19.5 Å². The molecule has 0 bridgehead atoms. The number of alkyl halides is 4. The molecule has 24 heavy (non-hydrogen) atoms. The first-order chi connectivity index (χ1) is 11.1. The Morgan fingerprint density at radius 1 is 0.458 bits per heavy atom. The van der Waals surface area contributed by atoms with Crippen molar-refractivity contribution < 1.29 is 0 Å². The summed E-state index contributed by atoms with van der Waals surface area (Å²) in [6, 6.07) is 0. The molecule has 3 fully saturated rings. The molecule has 0 aromatic rings. The number of hydrogen-bond acceptors (Lipinski definition) is 0. The zero-order chi connectivity index (χ0) is 17.4. The van der Waals surface area contributed by atoms with Crippen LogP contribution in [-0.2, 0) is 0 Å². The minimum atomic E-state index is -0.733. The van der Waals surface area contributed by atoms with E-state index in [9.17, 15) is 0 Å². The van der Waals surface area contributed by atoms with Crippen molar-refractivity contribution in [2.75, 3.05) is 0 Å². The van der Waals surface area contributed by atoms with E-state index in [1.807, 2.05) is 0 Å². The quantitative estimate of drug-likeness (QED) is 0.313. The average molecular weight is 488 g/mol. The molecule has 0 nitrogen and oxygen atoms in total. The Balaban J connectivity index is 1.48. The van der Waals surface area contributed by atoms with Crippen LogP contribution in [0.4, 0.5) is 0 Å². The van der Waals surface area contributed by atoms with Crippen molar-refractivity contribution >= 4 is 92.8 Å². The summed E-state index contributed by atoms with van der Waals surface area (Å²) in [5, 5.41) is 2.02. The van der Waals surface area contributed by atoms with Crippen LogP contribution in [0.1, 0.15) is 25.7 Å². The summed E-state index contributed by atoms with van der Waals surface area (Å²) in [6.45, 7) is 0. The van der Waals surface area contributed by atoms with E-state index in [0.29, 0.717) is 20.1 Å². The zero-order valence-electron chi connectivity index (χ0n) is 12.2. The van der Waals surface area contributed by atoms with Gasteiger partial charge in [-0.15, -0.1) is 46.4 Å². The van der Waals surface area contributed by atoms with Gasteiger partial charge in [-0.2, -0.15) is 0 Å². The van der Waals surface area contributed by atoms with E-state index < -0.39 is 19.5 Å². The monoisotopic (exact) mass is 484 g/mol. The van der Waals surface area contributed by atoms with Crippen molar-refractivity contribution in [1.29, 1.82) is 0 Å². The summed E-state index contributed by atoms with van der Waals surface area (Å²) in [5.74, 6) is 0.820. The minimum Gasteiger partial charge on any atom is -0.110 e. The second kappa shape index (κ2) is 4.85. The van der Waals surface area contributed by atoms with Crippen LogP contribution in [0.2, 0.25) is 0 Å². The van der Waals surface area contributed by atoms with Gasteiger partial charge in [-0.25, -0.2) is 0 Å². The summed E-state index contributed by atoms with van der Waals surface area (Å²) in [7, 11) is 0. The van der Waals surface area contributed by atoms with Crippen molar-refractivity contribution in [3.63, 3.8) is 0 Å². The highest BCUT2D eigenvalue weighted by Gasteiger charge is 2.83. The number of halogens is 8. The van der Waals surface area contributed by atoms with Gasteiger partial charge in [-0.05, 0) is 49.4 Å². The standard InChI is InChI=1S/C16H12Cl8/c17-9-10(18)15(23)7-3-4-8-6(2-1-5(7)13(9,15)21)14(22)11(19)12(20)16(8,14)24/h5-8H,1-4H2. The van der Waals surface area contributed by atoms with Gasteiger partial charge >= 0.3 is 0 Å². The Morgan fingerprint density at radius 3 is 0.792 bits per heavy atom. The van der Waals surface area contributed by atoms with E-state index in [1.54, 1.807) is 0 Å². The fourth-order valence-corrected chi connectivity index (χ4v) is 10.6. The Bertz CT molecular complexity index is 622. The predicted molar refractivity (Wildman–Crippen MR) is 104 cm³/mol. The molecule has 5 aliphatic carbocycles. The molecule has 5 rings (SSSR count). The van der Waals surface area contributed by atoms with Crippen LogP contribution < -0.4 is 0 Å². The summed E-state index contributed by atoms with van der Waals surface area (Å²) >= 11 is 52.5. The third-order valence-electron chi connectivity index (χ3n) is 7.31. The maximum absolute atomic E-state index is 6.80. The van der Waals surface area contributed by atoms with Crippen LogP contribution in [0.15, 0.2) is 20.1 Å². The smallest absolute Gasteiger partial charge is 0.109 e. The lowest BCUT2D eigenvalue weighted by Gasteiger charge is -2.74. The minimum absolute atomic E-state index is 0.205. The Morgan fingerprint density at radius 2 is 0.625 bits per heavy atom. The van der Waals surface area contributed by atoms with Gasteiger partial charge in [0.05, 0.1) is 20.1 Å². The van der Waals surface area contributed by atoms with Gasteiger partial charge < -0.3 is 0 Å². The summed E-state index contributed by atoms with van der Waals surface area (Å²) in [6.07, 6.45) is 3.53. The van der Waals surface area contributed by atoms with Crippen LogP contribution in [-0.4, -0.2) is 19.5 Å². The molecule has 0 radical (unpaired) electrons. The molecule has 8 heteroatoms. The van der Waals surface area contributed by atoms with Gasteiger partial charge in [0, 0.05) is 0 Å². The van der Waals surface area contributed by atoms with Crippen LogP contribution in [0.25, 0.3) is 0 Å². The lowest BCUT2D eigenvalue weighted by Crippen LogP contribution is -2.79. The summed E-state index contributed by atoms with van der Waals surface area (Å²) in [5.41, 5.74) is 0.